The second kappa shape index (κ2) is 8.73. The van der Waals surface area contributed by atoms with Gasteiger partial charge in [-0.1, -0.05) is 0 Å². The number of anilines is 1. The highest BCUT2D eigenvalue weighted by Gasteiger charge is 2.28. The number of fused-ring (bicyclic) bond motifs is 1. The van der Waals surface area contributed by atoms with Crippen LogP contribution in [-0.4, -0.2) is 56.2 Å². The minimum absolute atomic E-state index is 0.133. The molecule has 0 unspecified atom stereocenters. The first-order valence-electron chi connectivity index (χ1n) is 8.84. The topological polar surface area (TPSA) is 77.1 Å². The van der Waals surface area contributed by atoms with Gasteiger partial charge in [0.1, 0.15) is 13.2 Å². The van der Waals surface area contributed by atoms with Crippen LogP contribution in [0.5, 0.6) is 11.5 Å². The molecule has 3 rings (SSSR count). The maximum Gasteiger partial charge on any atom is 0.310 e. The van der Waals surface area contributed by atoms with Crippen molar-refractivity contribution in [1.29, 1.82) is 0 Å². The Bertz CT molecular complexity index is 682. The van der Waals surface area contributed by atoms with Crippen LogP contribution < -0.4 is 14.8 Å². The molecule has 142 valence electrons. The van der Waals surface area contributed by atoms with Crippen LogP contribution in [0, 0.1) is 5.92 Å². The van der Waals surface area contributed by atoms with Crippen LogP contribution in [0.4, 0.5) is 5.69 Å². The number of hydrogen-bond donors (Lipinski definition) is 1. The zero-order valence-corrected chi connectivity index (χ0v) is 16.3. The van der Waals surface area contributed by atoms with E-state index in [1.165, 1.54) is 0 Å². The number of carbonyl (C=O) groups is 2. The van der Waals surface area contributed by atoms with Crippen molar-refractivity contribution in [2.45, 2.75) is 19.8 Å². The number of benzene rings is 1. The van der Waals surface area contributed by atoms with E-state index in [9.17, 15) is 9.59 Å². The molecule has 26 heavy (non-hydrogen) atoms. The Morgan fingerprint density at radius 2 is 2.04 bits per heavy atom. The molecule has 7 nitrogen and oxygen atoms in total. The molecule has 0 bridgehead atoms. The quantitative estimate of drug-likeness (QED) is 0.728. The normalized spacial score (nSPS) is 19.7. The summed E-state index contributed by atoms with van der Waals surface area (Å²) >= 11 is 3.45. The second-order valence-electron chi connectivity index (χ2n) is 6.35. The maximum atomic E-state index is 12.4. The van der Waals surface area contributed by atoms with Crippen LogP contribution in [0.15, 0.2) is 16.6 Å². The van der Waals surface area contributed by atoms with Crippen LogP contribution in [0.3, 0.4) is 0 Å². The summed E-state index contributed by atoms with van der Waals surface area (Å²) in [6.45, 7) is 4.77. The molecular weight excluding hydrogens is 404 g/mol. The van der Waals surface area contributed by atoms with Gasteiger partial charge in [-0.05, 0) is 42.2 Å². The molecular formula is C18H23BrN2O5. The average Bonchev–Trinajstić information content (AvgIpc) is 2.62. The fourth-order valence-corrected chi connectivity index (χ4v) is 3.63. The number of halogens is 1. The fourth-order valence-electron chi connectivity index (χ4n) is 3.20. The molecule has 2 aliphatic heterocycles. The van der Waals surface area contributed by atoms with Crippen LogP contribution in [0.25, 0.3) is 0 Å². The molecule has 1 aromatic rings. The number of piperidine rings is 1. The summed E-state index contributed by atoms with van der Waals surface area (Å²) in [5.74, 6) is 0.820. The van der Waals surface area contributed by atoms with Crippen molar-refractivity contribution in [3.05, 3.63) is 16.6 Å². The lowest BCUT2D eigenvalue weighted by molar-refractivity contribution is -0.150. The van der Waals surface area contributed by atoms with Crippen molar-refractivity contribution in [1.82, 2.24) is 4.90 Å². The maximum absolute atomic E-state index is 12.4. The zero-order valence-electron chi connectivity index (χ0n) is 14.8. The van der Waals surface area contributed by atoms with Crippen molar-refractivity contribution in [2.75, 3.05) is 44.8 Å². The highest BCUT2D eigenvalue weighted by atomic mass is 79.9. The Hall–Kier alpha value is -1.80. The third-order valence-corrected chi connectivity index (χ3v) is 5.05. The molecule has 0 radical (unpaired) electrons. The molecule has 1 amide bonds. The first-order chi connectivity index (χ1) is 12.6. The predicted octanol–water partition coefficient (Wildman–Crippen LogP) is 2.43. The monoisotopic (exact) mass is 426 g/mol. The summed E-state index contributed by atoms with van der Waals surface area (Å²) in [5, 5.41) is 2.90. The fraction of sp³-hybridized carbons (Fsp3) is 0.556. The molecule has 0 saturated carbocycles. The van der Waals surface area contributed by atoms with Gasteiger partial charge < -0.3 is 19.5 Å². The van der Waals surface area contributed by atoms with E-state index < -0.39 is 0 Å². The summed E-state index contributed by atoms with van der Waals surface area (Å²) < 4.78 is 16.9. The average molecular weight is 427 g/mol. The van der Waals surface area contributed by atoms with E-state index in [2.05, 4.69) is 21.2 Å². The molecule has 2 aliphatic rings. The van der Waals surface area contributed by atoms with Gasteiger partial charge in [0.15, 0.2) is 11.5 Å². The predicted molar refractivity (Wildman–Crippen MR) is 99.6 cm³/mol. The van der Waals surface area contributed by atoms with Crippen LogP contribution in [-0.2, 0) is 14.3 Å². The zero-order chi connectivity index (χ0) is 18.5. The highest BCUT2D eigenvalue weighted by molar-refractivity contribution is 9.10. The minimum Gasteiger partial charge on any atom is -0.486 e. The van der Waals surface area contributed by atoms with Gasteiger partial charge in [-0.15, -0.1) is 0 Å². The number of nitrogens with zero attached hydrogens (tertiary/aromatic N) is 1. The Labute approximate surface area is 161 Å². The van der Waals surface area contributed by atoms with Crippen LogP contribution >= 0.6 is 15.9 Å². The van der Waals surface area contributed by atoms with Crippen molar-refractivity contribution >= 4 is 33.5 Å². The number of esters is 1. The molecule has 1 N–H and O–H groups in total. The lowest BCUT2D eigenvalue weighted by Crippen LogP contribution is -2.43. The summed E-state index contributed by atoms with van der Waals surface area (Å²) in [4.78, 5) is 26.4. The number of carbonyl (C=O) groups excluding carboxylic acids is 2. The lowest BCUT2D eigenvalue weighted by atomic mass is 9.98. The van der Waals surface area contributed by atoms with E-state index in [0.29, 0.717) is 43.6 Å². The summed E-state index contributed by atoms with van der Waals surface area (Å²) in [6, 6.07) is 3.55. The second-order valence-corrected chi connectivity index (χ2v) is 7.20. The first-order valence-corrected chi connectivity index (χ1v) is 9.64. The van der Waals surface area contributed by atoms with E-state index in [4.69, 9.17) is 14.2 Å². The SMILES string of the molecule is CCOC(=O)[C@@H]1CCCN(CC(=O)Nc2cc3c(cc2Br)OCCO3)C1. The van der Waals surface area contributed by atoms with Gasteiger partial charge in [0.05, 0.1) is 24.8 Å². The lowest BCUT2D eigenvalue weighted by Gasteiger charge is -2.30. The number of amides is 1. The largest absolute Gasteiger partial charge is 0.486 e. The molecule has 1 atom stereocenters. The Balaban J connectivity index is 1.58. The summed E-state index contributed by atoms with van der Waals surface area (Å²) in [6.07, 6.45) is 1.69. The third kappa shape index (κ3) is 4.67. The summed E-state index contributed by atoms with van der Waals surface area (Å²) in [7, 11) is 0. The first kappa shape index (κ1) is 19.0. The third-order valence-electron chi connectivity index (χ3n) is 4.40. The highest BCUT2D eigenvalue weighted by Crippen LogP contribution is 2.38. The Morgan fingerprint density at radius 1 is 1.31 bits per heavy atom. The number of hydrogen-bond acceptors (Lipinski definition) is 6. The molecule has 2 heterocycles. The van der Waals surface area contributed by atoms with Crippen LogP contribution in [0.1, 0.15) is 19.8 Å². The van der Waals surface area contributed by atoms with Gasteiger partial charge in [0, 0.05) is 23.2 Å². The number of rotatable bonds is 5. The number of nitrogens with one attached hydrogen (secondary N) is 1. The Morgan fingerprint density at radius 3 is 2.77 bits per heavy atom. The van der Waals surface area contributed by atoms with Gasteiger partial charge in [0.25, 0.3) is 0 Å². The Kier molecular flexibility index (Phi) is 6.37. The van der Waals surface area contributed by atoms with Gasteiger partial charge >= 0.3 is 5.97 Å². The standard InChI is InChI=1S/C18H23BrN2O5/c1-2-24-18(23)12-4-3-5-21(10-12)11-17(22)20-14-9-16-15(8-13(14)19)25-6-7-26-16/h8-9,12H,2-7,10-11H2,1H3,(H,20,22)/t12-/m1/s1. The van der Waals surface area contributed by atoms with E-state index in [-0.39, 0.29) is 24.3 Å². The van der Waals surface area contributed by atoms with Crippen molar-refractivity contribution in [3.8, 4) is 11.5 Å². The van der Waals surface area contributed by atoms with Gasteiger partial charge in [0.2, 0.25) is 5.91 Å². The summed E-state index contributed by atoms with van der Waals surface area (Å²) in [5.41, 5.74) is 0.637. The van der Waals surface area contributed by atoms with Crippen LogP contribution in [0.2, 0.25) is 0 Å². The molecule has 1 fully saturated rings. The van der Waals surface area contributed by atoms with Gasteiger partial charge in [-0.25, -0.2) is 0 Å². The molecule has 8 heteroatoms. The van der Waals surface area contributed by atoms with E-state index in [1.54, 1.807) is 19.1 Å². The van der Waals surface area contributed by atoms with E-state index >= 15 is 0 Å². The molecule has 0 aromatic heterocycles. The van der Waals surface area contributed by atoms with Crippen molar-refractivity contribution < 1.29 is 23.8 Å². The molecule has 0 aliphatic carbocycles. The smallest absolute Gasteiger partial charge is 0.310 e. The van der Waals surface area contributed by atoms with Gasteiger partial charge in [-0.2, -0.15) is 0 Å². The van der Waals surface area contributed by atoms with E-state index in [0.717, 1.165) is 23.9 Å². The van der Waals surface area contributed by atoms with Crippen molar-refractivity contribution in [2.24, 2.45) is 5.92 Å². The molecule has 1 saturated heterocycles. The molecule has 1 aromatic carbocycles. The van der Waals surface area contributed by atoms with E-state index in [1.807, 2.05) is 4.90 Å². The minimum atomic E-state index is -0.174. The van der Waals surface area contributed by atoms with Crippen molar-refractivity contribution in [3.63, 3.8) is 0 Å². The molecule has 0 spiro atoms. The van der Waals surface area contributed by atoms with Gasteiger partial charge in [-0.3, -0.25) is 14.5 Å². The number of likely N-dealkylation sites (tertiary alicyclic amines) is 1. The number of ether oxygens (including phenoxy) is 3.